The smallest absolute Gasteiger partial charge is 0.317 e. The van der Waals surface area contributed by atoms with Crippen LogP contribution >= 0.6 is 11.8 Å². The van der Waals surface area contributed by atoms with Crippen molar-refractivity contribution < 1.29 is 19.4 Å². The summed E-state index contributed by atoms with van der Waals surface area (Å²) >= 11 is 1.82. The van der Waals surface area contributed by atoms with Crippen molar-refractivity contribution in [3.8, 4) is 0 Å². The zero-order valence-electron chi connectivity index (χ0n) is 12.8. The van der Waals surface area contributed by atoms with Crippen LogP contribution in [0.2, 0.25) is 0 Å². The first-order chi connectivity index (χ1) is 10.0. The van der Waals surface area contributed by atoms with Crippen molar-refractivity contribution in [2.24, 2.45) is 0 Å². The molecule has 7 heteroatoms. The maximum Gasteiger partial charge on any atom is 0.317 e. The highest BCUT2D eigenvalue weighted by Crippen LogP contribution is 2.14. The molecular weight excluding hydrogens is 292 g/mol. The van der Waals surface area contributed by atoms with Crippen molar-refractivity contribution in [2.45, 2.75) is 45.3 Å². The number of thioether (sulfide) groups is 1. The number of hydrogen-bond donors (Lipinski definition) is 2. The van der Waals surface area contributed by atoms with Gasteiger partial charge in [-0.25, -0.2) is 4.79 Å². The maximum absolute atomic E-state index is 12.1. The number of aliphatic carboxylic acids is 1. The second-order valence-corrected chi connectivity index (χ2v) is 6.53. The van der Waals surface area contributed by atoms with Crippen LogP contribution in [-0.2, 0) is 9.53 Å². The number of rotatable bonds is 8. The standard InChI is InChI=1S/C14H26N2O4S/c1-3-21-10-11(2)15-14(19)16-7-4-12(5-8-16)20-9-6-13(17)18/h11-12H,3-10H2,1-2H3,(H,15,19)(H,17,18). The molecule has 0 aromatic rings. The molecule has 1 aliphatic heterocycles. The van der Waals surface area contributed by atoms with Crippen molar-refractivity contribution in [3.05, 3.63) is 0 Å². The van der Waals surface area contributed by atoms with Gasteiger partial charge in [0.1, 0.15) is 0 Å². The molecule has 1 atom stereocenters. The van der Waals surface area contributed by atoms with Gasteiger partial charge in [0.15, 0.2) is 0 Å². The SMILES string of the molecule is CCSCC(C)NC(=O)N1CCC(OCCC(=O)O)CC1. The van der Waals surface area contributed by atoms with E-state index in [1.807, 2.05) is 23.6 Å². The van der Waals surface area contributed by atoms with Crippen molar-refractivity contribution in [1.82, 2.24) is 10.2 Å². The first-order valence-electron chi connectivity index (χ1n) is 7.49. The fourth-order valence-corrected chi connectivity index (χ4v) is 2.85. The number of ether oxygens (including phenoxy) is 1. The Kier molecular flexibility index (Phi) is 8.52. The van der Waals surface area contributed by atoms with Crippen LogP contribution in [0.1, 0.15) is 33.1 Å². The van der Waals surface area contributed by atoms with Crippen molar-refractivity contribution in [2.75, 3.05) is 31.2 Å². The Labute approximate surface area is 130 Å². The van der Waals surface area contributed by atoms with Crippen LogP contribution in [0.4, 0.5) is 4.79 Å². The van der Waals surface area contributed by atoms with Gasteiger partial charge in [-0.1, -0.05) is 6.92 Å². The van der Waals surface area contributed by atoms with Crippen LogP contribution in [-0.4, -0.2) is 65.4 Å². The number of nitrogens with zero attached hydrogens (tertiary/aromatic N) is 1. The number of amides is 2. The first kappa shape index (κ1) is 18.1. The Bertz CT molecular complexity index is 333. The number of carbonyl (C=O) groups is 2. The van der Waals surface area contributed by atoms with Crippen LogP contribution in [0, 0.1) is 0 Å². The van der Waals surface area contributed by atoms with Crippen LogP contribution in [0.3, 0.4) is 0 Å². The number of hydrogen-bond acceptors (Lipinski definition) is 4. The second-order valence-electron chi connectivity index (χ2n) is 5.21. The molecule has 6 nitrogen and oxygen atoms in total. The van der Waals surface area contributed by atoms with Crippen molar-refractivity contribution >= 4 is 23.8 Å². The minimum Gasteiger partial charge on any atom is -0.481 e. The van der Waals surface area contributed by atoms with E-state index < -0.39 is 5.97 Å². The molecule has 0 spiro atoms. The average Bonchev–Trinajstić information content (AvgIpc) is 2.45. The molecular formula is C14H26N2O4S. The Morgan fingerprint density at radius 3 is 2.67 bits per heavy atom. The van der Waals surface area contributed by atoms with Gasteiger partial charge in [-0.05, 0) is 25.5 Å². The Morgan fingerprint density at radius 2 is 2.10 bits per heavy atom. The van der Waals surface area contributed by atoms with E-state index in [4.69, 9.17) is 9.84 Å². The highest BCUT2D eigenvalue weighted by molar-refractivity contribution is 7.99. The van der Waals surface area contributed by atoms with Gasteiger partial charge in [0.2, 0.25) is 0 Å². The fraction of sp³-hybridized carbons (Fsp3) is 0.857. The Hall–Kier alpha value is -0.950. The van der Waals surface area contributed by atoms with Crippen LogP contribution in [0.25, 0.3) is 0 Å². The monoisotopic (exact) mass is 318 g/mol. The largest absolute Gasteiger partial charge is 0.481 e. The summed E-state index contributed by atoms with van der Waals surface area (Å²) in [6.07, 6.45) is 1.64. The number of nitrogens with one attached hydrogen (secondary N) is 1. The lowest BCUT2D eigenvalue weighted by atomic mass is 10.1. The summed E-state index contributed by atoms with van der Waals surface area (Å²) in [6, 6.07) is 0.162. The third-order valence-electron chi connectivity index (χ3n) is 3.34. The third kappa shape index (κ3) is 7.57. The van der Waals surface area contributed by atoms with Gasteiger partial charge in [-0.3, -0.25) is 4.79 Å². The highest BCUT2D eigenvalue weighted by Gasteiger charge is 2.23. The molecule has 1 unspecified atom stereocenters. The van der Waals surface area contributed by atoms with E-state index in [2.05, 4.69) is 12.2 Å². The highest BCUT2D eigenvalue weighted by atomic mass is 32.2. The van der Waals surface area contributed by atoms with E-state index >= 15 is 0 Å². The minimum atomic E-state index is -0.842. The van der Waals surface area contributed by atoms with Gasteiger partial charge in [0, 0.05) is 24.9 Å². The summed E-state index contributed by atoms with van der Waals surface area (Å²) < 4.78 is 5.51. The number of carboxylic acids is 1. The fourth-order valence-electron chi connectivity index (χ4n) is 2.18. The topological polar surface area (TPSA) is 78.9 Å². The summed E-state index contributed by atoms with van der Waals surface area (Å²) in [5.74, 6) is 1.14. The summed E-state index contributed by atoms with van der Waals surface area (Å²) in [7, 11) is 0. The summed E-state index contributed by atoms with van der Waals surface area (Å²) in [4.78, 5) is 24.3. The number of carboxylic acid groups (broad SMARTS) is 1. The number of urea groups is 1. The average molecular weight is 318 g/mol. The Morgan fingerprint density at radius 1 is 1.43 bits per heavy atom. The van der Waals surface area contributed by atoms with Crippen molar-refractivity contribution in [3.63, 3.8) is 0 Å². The lowest BCUT2D eigenvalue weighted by Gasteiger charge is -2.32. The van der Waals surface area contributed by atoms with Crippen LogP contribution in [0.15, 0.2) is 0 Å². The van der Waals surface area contributed by atoms with Gasteiger partial charge in [-0.15, -0.1) is 0 Å². The van der Waals surface area contributed by atoms with Crippen LogP contribution < -0.4 is 5.32 Å². The normalized spacial score (nSPS) is 17.5. The molecule has 1 fully saturated rings. The van der Waals surface area contributed by atoms with Crippen molar-refractivity contribution in [1.29, 1.82) is 0 Å². The molecule has 0 radical (unpaired) electrons. The lowest BCUT2D eigenvalue weighted by Crippen LogP contribution is -2.48. The van der Waals surface area contributed by atoms with E-state index in [1.54, 1.807) is 0 Å². The minimum absolute atomic E-state index is 0.0109. The molecule has 1 aliphatic rings. The van der Waals surface area contributed by atoms with Crippen LogP contribution in [0.5, 0.6) is 0 Å². The molecule has 0 aromatic carbocycles. The third-order valence-corrected chi connectivity index (χ3v) is 4.48. The number of likely N-dealkylation sites (tertiary alicyclic amines) is 1. The predicted octanol–water partition coefficient (Wildman–Crippen LogP) is 1.79. The summed E-state index contributed by atoms with van der Waals surface area (Å²) in [6.45, 7) is 5.70. The summed E-state index contributed by atoms with van der Waals surface area (Å²) in [5, 5.41) is 11.6. The molecule has 0 aromatic heterocycles. The molecule has 21 heavy (non-hydrogen) atoms. The van der Waals surface area contributed by atoms with E-state index in [0.29, 0.717) is 13.1 Å². The molecule has 1 saturated heterocycles. The summed E-state index contributed by atoms with van der Waals surface area (Å²) in [5.41, 5.74) is 0. The van der Waals surface area contributed by atoms with Gasteiger partial charge < -0.3 is 20.1 Å². The molecule has 0 aliphatic carbocycles. The van der Waals surface area contributed by atoms with Gasteiger partial charge in [0.05, 0.1) is 19.1 Å². The molecule has 2 N–H and O–H groups in total. The molecule has 122 valence electrons. The molecule has 1 rings (SSSR count). The Balaban J connectivity index is 2.19. The molecule has 0 bridgehead atoms. The van der Waals surface area contributed by atoms with E-state index in [1.165, 1.54) is 0 Å². The lowest BCUT2D eigenvalue weighted by molar-refractivity contribution is -0.138. The second kappa shape index (κ2) is 9.89. The quantitative estimate of drug-likeness (QED) is 0.713. The van der Waals surface area contributed by atoms with E-state index in [9.17, 15) is 9.59 Å². The van der Waals surface area contributed by atoms with E-state index in [0.717, 1.165) is 24.3 Å². The number of piperidine rings is 1. The molecule has 2 amide bonds. The molecule has 1 heterocycles. The van der Waals surface area contributed by atoms with E-state index in [-0.39, 0.29) is 31.2 Å². The van der Waals surface area contributed by atoms with Gasteiger partial charge >= 0.3 is 12.0 Å². The van der Waals surface area contributed by atoms with Gasteiger partial charge in [0.25, 0.3) is 0 Å². The first-order valence-corrected chi connectivity index (χ1v) is 8.65. The zero-order valence-corrected chi connectivity index (χ0v) is 13.7. The van der Waals surface area contributed by atoms with Gasteiger partial charge in [-0.2, -0.15) is 11.8 Å². The maximum atomic E-state index is 12.1. The number of carbonyl (C=O) groups excluding carboxylic acids is 1. The zero-order chi connectivity index (χ0) is 15.7. The molecule has 0 saturated carbocycles. The predicted molar refractivity (Wildman–Crippen MR) is 83.8 cm³/mol.